The van der Waals surface area contributed by atoms with Gasteiger partial charge < -0.3 is 9.47 Å². The van der Waals surface area contributed by atoms with Crippen molar-refractivity contribution >= 4 is 28.4 Å². The molecule has 0 atom stereocenters. The van der Waals surface area contributed by atoms with Crippen molar-refractivity contribution in [2.45, 2.75) is 19.4 Å². The van der Waals surface area contributed by atoms with Crippen LogP contribution in [0.4, 0.5) is 0 Å². The van der Waals surface area contributed by atoms with Crippen molar-refractivity contribution in [1.82, 2.24) is 19.4 Å². The molecule has 5 nitrogen and oxygen atoms in total. The minimum absolute atomic E-state index is 0.130. The lowest BCUT2D eigenvalue weighted by Crippen LogP contribution is -2.31. The second kappa shape index (κ2) is 6.24. The van der Waals surface area contributed by atoms with Crippen LogP contribution < -0.4 is 0 Å². The lowest BCUT2D eigenvalue weighted by Gasteiger charge is -2.16. The molecule has 122 valence electrons. The SMILES string of the molecule is O=C(Cn1ccnc1-c1ccc2cccc(Cl)c2n1)N1CCCC1. The number of carbonyl (C=O) groups excluding carboxylic acids is 1. The van der Waals surface area contributed by atoms with Crippen LogP contribution in [0, 0.1) is 0 Å². The first-order valence-corrected chi connectivity index (χ1v) is 8.45. The first-order chi connectivity index (χ1) is 11.7. The zero-order valence-corrected chi connectivity index (χ0v) is 13.9. The lowest BCUT2D eigenvalue weighted by molar-refractivity contribution is -0.130. The van der Waals surface area contributed by atoms with E-state index in [1.807, 2.05) is 46.0 Å². The van der Waals surface area contributed by atoms with Crippen LogP contribution in [0.2, 0.25) is 5.02 Å². The Morgan fingerprint density at radius 2 is 2.00 bits per heavy atom. The van der Waals surface area contributed by atoms with Gasteiger partial charge in [-0.3, -0.25) is 4.79 Å². The van der Waals surface area contributed by atoms with Gasteiger partial charge in [-0.25, -0.2) is 9.97 Å². The van der Waals surface area contributed by atoms with Gasteiger partial charge in [0, 0.05) is 30.9 Å². The van der Waals surface area contributed by atoms with Crippen LogP contribution in [-0.2, 0) is 11.3 Å². The van der Waals surface area contributed by atoms with Crippen molar-refractivity contribution in [1.29, 1.82) is 0 Å². The summed E-state index contributed by atoms with van der Waals surface area (Å²) < 4.78 is 1.85. The van der Waals surface area contributed by atoms with Crippen LogP contribution in [0.25, 0.3) is 22.4 Å². The van der Waals surface area contributed by atoms with Crippen molar-refractivity contribution in [3.8, 4) is 11.5 Å². The van der Waals surface area contributed by atoms with E-state index in [2.05, 4.69) is 9.97 Å². The van der Waals surface area contributed by atoms with Crippen molar-refractivity contribution in [2.75, 3.05) is 13.1 Å². The number of aromatic nitrogens is 3. The molecule has 0 unspecified atom stereocenters. The number of benzene rings is 1. The topological polar surface area (TPSA) is 51.0 Å². The number of likely N-dealkylation sites (tertiary alicyclic amines) is 1. The largest absolute Gasteiger partial charge is 0.341 e. The highest BCUT2D eigenvalue weighted by Gasteiger charge is 2.19. The average Bonchev–Trinajstić information content (AvgIpc) is 3.26. The molecule has 2 aromatic heterocycles. The summed E-state index contributed by atoms with van der Waals surface area (Å²) in [6, 6.07) is 9.59. The van der Waals surface area contributed by atoms with Gasteiger partial charge in [-0.1, -0.05) is 29.8 Å². The Morgan fingerprint density at radius 3 is 2.83 bits per heavy atom. The second-order valence-electron chi connectivity index (χ2n) is 5.97. The summed E-state index contributed by atoms with van der Waals surface area (Å²) in [5.41, 5.74) is 1.46. The molecule has 1 saturated heterocycles. The van der Waals surface area contributed by atoms with Gasteiger partial charge >= 0.3 is 0 Å². The molecule has 0 aliphatic carbocycles. The number of rotatable bonds is 3. The fraction of sp³-hybridized carbons (Fsp3) is 0.278. The minimum Gasteiger partial charge on any atom is -0.341 e. The molecule has 3 aromatic rings. The molecule has 24 heavy (non-hydrogen) atoms. The van der Waals surface area contributed by atoms with E-state index in [4.69, 9.17) is 11.6 Å². The molecule has 4 rings (SSSR count). The number of nitrogens with zero attached hydrogens (tertiary/aromatic N) is 4. The van der Waals surface area contributed by atoms with Gasteiger partial charge in [0.15, 0.2) is 5.82 Å². The maximum atomic E-state index is 12.4. The van der Waals surface area contributed by atoms with Crippen molar-refractivity contribution in [3.05, 3.63) is 47.7 Å². The highest BCUT2D eigenvalue weighted by molar-refractivity contribution is 6.35. The highest BCUT2D eigenvalue weighted by Crippen LogP contribution is 2.25. The number of halogens is 1. The van der Waals surface area contributed by atoms with Gasteiger partial charge in [0.1, 0.15) is 12.2 Å². The minimum atomic E-state index is 0.130. The van der Waals surface area contributed by atoms with Gasteiger partial charge in [0.25, 0.3) is 0 Å². The Bertz CT molecular complexity index is 899. The molecule has 1 aliphatic rings. The second-order valence-corrected chi connectivity index (χ2v) is 6.38. The molecule has 0 N–H and O–H groups in total. The number of amides is 1. The zero-order valence-electron chi connectivity index (χ0n) is 13.2. The highest BCUT2D eigenvalue weighted by atomic mass is 35.5. The Labute approximate surface area is 144 Å². The summed E-state index contributed by atoms with van der Waals surface area (Å²) in [5.74, 6) is 0.815. The molecule has 6 heteroatoms. The van der Waals surface area contributed by atoms with Gasteiger partial charge in [-0.2, -0.15) is 0 Å². The molecule has 1 aromatic carbocycles. The summed E-state index contributed by atoms with van der Waals surface area (Å²) in [5, 5.41) is 1.60. The van der Waals surface area contributed by atoms with Crippen molar-refractivity contribution in [2.24, 2.45) is 0 Å². The standard InChI is InChI=1S/C18H17ClN4O/c19-14-5-3-4-13-6-7-15(21-17(13)14)18-20-8-11-23(18)12-16(24)22-9-1-2-10-22/h3-8,11H,1-2,9-10,12H2. The molecular formula is C18H17ClN4O. The predicted molar refractivity (Wildman–Crippen MR) is 93.8 cm³/mol. The smallest absolute Gasteiger partial charge is 0.242 e. The quantitative estimate of drug-likeness (QED) is 0.734. The summed E-state index contributed by atoms with van der Waals surface area (Å²) in [6.07, 6.45) is 5.70. The van der Waals surface area contributed by atoms with E-state index >= 15 is 0 Å². The number of hydrogen-bond donors (Lipinski definition) is 0. The van der Waals surface area contributed by atoms with E-state index in [1.54, 1.807) is 6.20 Å². The first kappa shape index (κ1) is 15.1. The number of hydrogen-bond acceptors (Lipinski definition) is 3. The third kappa shape index (κ3) is 2.76. The molecule has 0 radical (unpaired) electrons. The number of para-hydroxylation sites is 1. The molecule has 0 bridgehead atoms. The van der Waals surface area contributed by atoms with Crippen LogP contribution in [0.1, 0.15) is 12.8 Å². The van der Waals surface area contributed by atoms with E-state index in [-0.39, 0.29) is 12.5 Å². The molecular weight excluding hydrogens is 324 g/mol. The Balaban J connectivity index is 1.66. The molecule has 1 aliphatic heterocycles. The molecule has 1 amide bonds. The number of pyridine rings is 1. The predicted octanol–water partition coefficient (Wildman–Crippen LogP) is 3.37. The van der Waals surface area contributed by atoms with Gasteiger partial charge in [-0.05, 0) is 25.0 Å². The van der Waals surface area contributed by atoms with E-state index < -0.39 is 0 Å². The fourth-order valence-electron chi connectivity index (χ4n) is 3.12. The summed E-state index contributed by atoms with van der Waals surface area (Å²) in [4.78, 5) is 23.3. The number of fused-ring (bicyclic) bond motifs is 1. The molecule has 0 saturated carbocycles. The van der Waals surface area contributed by atoms with Crippen LogP contribution in [0.3, 0.4) is 0 Å². The monoisotopic (exact) mass is 340 g/mol. The van der Waals surface area contributed by atoms with Crippen LogP contribution >= 0.6 is 11.6 Å². The molecule has 0 spiro atoms. The Morgan fingerprint density at radius 1 is 1.17 bits per heavy atom. The third-order valence-electron chi connectivity index (χ3n) is 4.38. The summed E-state index contributed by atoms with van der Waals surface area (Å²) >= 11 is 6.25. The zero-order chi connectivity index (χ0) is 16.5. The maximum Gasteiger partial charge on any atom is 0.242 e. The van der Waals surface area contributed by atoms with Gasteiger partial charge in [-0.15, -0.1) is 0 Å². The average molecular weight is 341 g/mol. The Kier molecular flexibility index (Phi) is 3.94. The maximum absolute atomic E-state index is 12.4. The molecule has 3 heterocycles. The number of carbonyl (C=O) groups is 1. The summed E-state index contributed by atoms with van der Waals surface area (Å²) in [6.45, 7) is 2.00. The van der Waals surface area contributed by atoms with Crippen LogP contribution in [0.15, 0.2) is 42.7 Å². The lowest BCUT2D eigenvalue weighted by atomic mass is 10.2. The summed E-state index contributed by atoms with van der Waals surface area (Å²) in [7, 11) is 0. The van der Waals surface area contributed by atoms with Crippen LogP contribution in [0.5, 0.6) is 0 Å². The first-order valence-electron chi connectivity index (χ1n) is 8.07. The van der Waals surface area contributed by atoms with Crippen LogP contribution in [-0.4, -0.2) is 38.4 Å². The van der Waals surface area contributed by atoms with Gasteiger partial charge in [0.05, 0.1) is 10.5 Å². The van der Waals surface area contributed by atoms with Crippen molar-refractivity contribution < 1.29 is 4.79 Å². The van der Waals surface area contributed by atoms with E-state index in [0.717, 1.165) is 42.5 Å². The third-order valence-corrected chi connectivity index (χ3v) is 4.68. The normalized spacial score (nSPS) is 14.5. The van der Waals surface area contributed by atoms with Crippen molar-refractivity contribution in [3.63, 3.8) is 0 Å². The fourth-order valence-corrected chi connectivity index (χ4v) is 3.34. The van der Waals surface area contributed by atoms with E-state index in [0.29, 0.717) is 10.8 Å². The number of imidazole rings is 1. The molecule has 1 fully saturated rings. The van der Waals surface area contributed by atoms with E-state index in [9.17, 15) is 4.79 Å². The van der Waals surface area contributed by atoms with Gasteiger partial charge in [0.2, 0.25) is 5.91 Å². The Hall–Kier alpha value is -2.40. The van der Waals surface area contributed by atoms with E-state index in [1.165, 1.54) is 0 Å².